The molecule has 0 aliphatic heterocycles. The zero-order valence-corrected chi connectivity index (χ0v) is 31.4. The van der Waals surface area contributed by atoms with Gasteiger partial charge in [0.15, 0.2) is 0 Å². The van der Waals surface area contributed by atoms with Gasteiger partial charge >= 0.3 is 5.97 Å². The summed E-state index contributed by atoms with van der Waals surface area (Å²) in [6, 6.07) is 0. The maximum atomic E-state index is 11.6. The molecule has 0 fully saturated rings. The maximum Gasteiger partial charge on any atom is 0.305 e. The highest BCUT2D eigenvalue weighted by Gasteiger charge is 2.03. The van der Waals surface area contributed by atoms with Crippen LogP contribution in [0.4, 0.5) is 0 Å². The molecule has 3 heteroatoms. The quantitative estimate of drug-likeness (QED) is 0.0449. The number of nitrogens with one attached hydrogen (secondary N) is 1. The number of unbranched alkanes of at least 4 members (excludes halogenated alkanes) is 21. The highest BCUT2D eigenvalue weighted by molar-refractivity contribution is 5.69. The van der Waals surface area contributed by atoms with Crippen LogP contribution in [0.2, 0.25) is 0 Å². The smallest absolute Gasteiger partial charge is 0.305 e. The molecule has 0 aromatic heterocycles. The Hall–Kier alpha value is -0.830. The summed E-state index contributed by atoms with van der Waals surface area (Å²) in [4.78, 5) is 11.6. The molecule has 0 atom stereocenters. The Balaban J connectivity index is -0.000000749. The van der Waals surface area contributed by atoms with Crippen molar-refractivity contribution in [2.75, 3.05) is 19.7 Å². The second-order valence-electron chi connectivity index (χ2n) is 13.2. The predicted molar refractivity (Wildman–Crippen MR) is 201 cm³/mol. The summed E-state index contributed by atoms with van der Waals surface area (Å²) in [6.07, 6.45) is 38.6. The van der Waals surface area contributed by atoms with Crippen LogP contribution in [0.1, 0.15) is 221 Å². The Bertz CT molecular complexity index is 479. The number of hydrogen-bond donors (Lipinski definition) is 1. The molecule has 266 valence electrons. The number of carbonyl (C=O) groups excluding carboxylic acids is 1. The topological polar surface area (TPSA) is 38.3 Å². The SMILES string of the molecule is C=C.CCCCCCCCC(C)CCCCCCCC.CCCCCCCCCOC(=O)CCCNCCCCCCCC. The van der Waals surface area contributed by atoms with Gasteiger partial charge in [-0.25, -0.2) is 0 Å². The molecule has 0 amide bonds. The second-order valence-corrected chi connectivity index (χ2v) is 13.2. The lowest BCUT2D eigenvalue weighted by atomic mass is 9.96. The molecule has 0 radical (unpaired) electrons. The number of ether oxygens (including phenoxy) is 1. The second kappa shape index (κ2) is 46.6. The number of esters is 1. The lowest BCUT2D eigenvalue weighted by Gasteiger charge is -2.10. The normalized spacial score (nSPS) is 10.7. The van der Waals surface area contributed by atoms with Crippen molar-refractivity contribution in [1.29, 1.82) is 0 Å². The summed E-state index contributed by atoms with van der Waals surface area (Å²) in [6.45, 7) is 20.2. The largest absolute Gasteiger partial charge is 0.466 e. The monoisotopic (exact) mass is 624 g/mol. The molecular weight excluding hydrogens is 538 g/mol. The van der Waals surface area contributed by atoms with Crippen LogP contribution >= 0.6 is 0 Å². The van der Waals surface area contributed by atoms with Crippen LogP contribution in [0.3, 0.4) is 0 Å². The van der Waals surface area contributed by atoms with E-state index in [9.17, 15) is 4.79 Å². The minimum Gasteiger partial charge on any atom is -0.466 e. The van der Waals surface area contributed by atoms with Gasteiger partial charge in [-0.15, -0.1) is 13.2 Å². The van der Waals surface area contributed by atoms with Crippen LogP contribution in [0, 0.1) is 5.92 Å². The average molecular weight is 624 g/mol. The molecule has 0 aromatic carbocycles. The highest BCUT2D eigenvalue weighted by atomic mass is 16.5. The van der Waals surface area contributed by atoms with E-state index in [0.717, 1.165) is 31.8 Å². The molecule has 44 heavy (non-hydrogen) atoms. The third-order valence-electron chi connectivity index (χ3n) is 8.55. The van der Waals surface area contributed by atoms with Crippen LogP contribution in [-0.2, 0) is 9.53 Å². The molecule has 0 unspecified atom stereocenters. The highest BCUT2D eigenvalue weighted by Crippen LogP contribution is 2.18. The third-order valence-corrected chi connectivity index (χ3v) is 8.55. The number of hydrogen-bond acceptors (Lipinski definition) is 3. The molecule has 3 nitrogen and oxygen atoms in total. The first-order valence-corrected chi connectivity index (χ1v) is 20.0. The van der Waals surface area contributed by atoms with Gasteiger partial charge in [-0.05, 0) is 38.3 Å². The van der Waals surface area contributed by atoms with Crippen molar-refractivity contribution in [3.05, 3.63) is 13.2 Å². The Kier molecular flexibility index (Phi) is 50.4. The zero-order chi connectivity index (χ0) is 33.2. The van der Waals surface area contributed by atoms with Gasteiger partial charge in [0.05, 0.1) is 6.61 Å². The molecule has 0 saturated carbocycles. The fraction of sp³-hybridized carbons (Fsp3) is 0.927. The summed E-state index contributed by atoms with van der Waals surface area (Å²) >= 11 is 0. The zero-order valence-electron chi connectivity index (χ0n) is 31.4. The number of carbonyl (C=O) groups is 1. The van der Waals surface area contributed by atoms with E-state index in [1.165, 1.54) is 167 Å². The van der Waals surface area contributed by atoms with Gasteiger partial charge in [0.25, 0.3) is 0 Å². The van der Waals surface area contributed by atoms with Gasteiger partial charge in [0.2, 0.25) is 0 Å². The van der Waals surface area contributed by atoms with Crippen molar-refractivity contribution in [3.63, 3.8) is 0 Å². The summed E-state index contributed by atoms with van der Waals surface area (Å²) in [5.41, 5.74) is 0. The van der Waals surface area contributed by atoms with E-state index >= 15 is 0 Å². The van der Waals surface area contributed by atoms with Crippen molar-refractivity contribution < 1.29 is 9.53 Å². The van der Waals surface area contributed by atoms with E-state index in [1.54, 1.807) is 0 Å². The first-order chi connectivity index (χ1) is 21.6. The molecule has 0 heterocycles. The third kappa shape index (κ3) is 48.1. The van der Waals surface area contributed by atoms with Crippen molar-refractivity contribution in [1.82, 2.24) is 5.32 Å². The van der Waals surface area contributed by atoms with Crippen LogP contribution in [-0.4, -0.2) is 25.7 Å². The lowest BCUT2D eigenvalue weighted by molar-refractivity contribution is -0.143. The van der Waals surface area contributed by atoms with E-state index in [2.05, 4.69) is 53.1 Å². The minimum atomic E-state index is -0.0256. The Morgan fingerprint density at radius 3 is 1.27 bits per heavy atom. The van der Waals surface area contributed by atoms with Crippen molar-refractivity contribution in [3.8, 4) is 0 Å². The van der Waals surface area contributed by atoms with Gasteiger partial charge in [-0.1, -0.05) is 195 Å². The average Bonchev–Trinajstić information content (AvgIpc) is 3.04. The fourth-order valence-corrected chi connectivity index (χ4v) is 5.52. The van der Waals surface area contributed by atoms with E-state index in [4.69, 9.17) is 4.74 Å². The molecule has 0 rings (SSSR count). The van der Waals surface area contributed by atoms with E-state index in [0.29, 0.717) is 13.0 Å². The predicted octanol–water partition coefficient (Wildman–Crippen LogP) is 13.9. The van der Waals surface area contributed by atoms with Crippen molar-refractivity contribution >= 4 is 5.97 Å². The summed E-state index contributed by atoms with van der Waals surface area (Å²) in [5.74, 6) is 0.949. The Morgan fingerprint density at radius 2 is 0.841 bits per heavy atom. The summed E-state index contributed by atoms with van der Waals surface area (Å²) < 4.78 is 5.29. The standard InChI is InChI=1S/C21H43NO2.C18H38.C2H4/c1-3-5-7-9-11-13-15-20-24-21(23)17-16-19-22-18-14-12-10-8-6-4-2;1-4-6-8-10-12-14-16-18(3)17-15-13-11-9-7-5-2;1-2/h22H,3-20H2,1-2H3;18H,4-17H2,1-3H3;1-2H2. The van der Waals surface area contributed by atoms with Crippen molar-refractivity contribution in [2.45, 2.75) is 221 Å². The number of rotatable bonds is 33. The van der Waals surface area contributed by atoms with Gasteiger partial charge in [0, 0.05) is 6.42 Å². The summed E-state index contributed by atoms with van der Waals surface area (Å²) in [7, 11) is 0. The van der Waals surface area contributed by atoms with E-state index in [-0.39, 0.29) is 5.97 Å². The lowest BCUT2D eigenvalue weighted by Crippen LogP contribution is -2.18. The molecule has 0 saturated heterocycles. The first kappa shape index (κ1) is 47.6. The molecule has 0 spiro atoms. The van der Waals surface area contributed by atoms with Crippen LogP contribution in [0.15, 0.2) is 13.2 Å². The molecule has 1 N–H and O–H groups in total. The Morgan fingerprint density at radius 1 is 0.500 bits per heavy atom. The van der Waals surface area contributed by atoms with Crippen LogP contribution in [0.25, 0.3) is 0 Å². The van der Waals surface area contributed by atoms with Gasteiger partial charge in [-0.2, -0.15) is 0 Å². The minimum absolute atomic E-state index is 0.0256. The molecule has 0 aromatic rings. The van der Waals surface area contributed by atoms with Crippen LogP contribution < -0.4 is 5.32 Å². The van der Waals surface area contributed by atoms with Gasteiger partial charge in [0.1, 0.15) is 0 Å². The van der Waals surface area contributed by atoms with E-state index < -0.39 is 0 Å². The molecule has 0 bridgehead atoms. The van der Waals surface area contributed by atoms with Crippen LogP contribution in [0.5, 0.6) is 0 Å². The molecule has 0 aliphatic carbocycles. The summed E-state index contributed by atoms with van der Waals surface area (Å²) in [5, 5.41) is 3.42. The van der Waals surface area contributed by atoms with Gasteiger partial charge < -0.3 is 10.1 Å². The maximum absolute atomic E-state index is 11.6. The molecular formula is C41H85NO2. The van der Waals surface area contributed by atoms with Crippen molar-refractivity contribution in [2.24, 2.45) is 5.92 Å². The van der Waals surface area contributed by atoms with E-state index in [1.807, 2.05) is 0 Å². The fourth-order valence-electron chi connectivity index (χ4n) is 5.52. The Labute approximate surface area is 279 Å². The molecule has 0 aliphatic rings. The van der Waals surface area contributed by atoms with Gasteiger partial charge in [-0.3, -0.25) is 4.79 Å². The first-order valence-electron chi connectivity index (χ1n) is 20.0.